The first-order valence-corrected chi connectivity index (χ1v) is 8.12. The molecule has 0 heterocycles. The van der Waals surface area contributed by atoms with Crippen molar-refractivity contribution in [2.24, 2.45) is 5.73 Å². The summed E-state index contributed by atoms with van der Waals surface area (Å²) in [4.78, 5) is 12.8. The van der Waals surface area contributed by atoms with Crippen LogP contribution in [0.25, 0.3) is 0 Å². The van der Waals surface area contributed by atoms with Crippen molar-refractivity contribution in [2.75, 3.05) is 18.8 Å². The zero-order valence-corrected chi connectivity index (χ0v) is 13.6. The van der Waals surface area contributed by atoms with Crippen molar-refractivity contribution in [1.82, 2.24) is 5.32 Å². The minimum absolute atomic E-state index is 0.0897. The minimum atomic E-state index is 0.0897. The van der Waals surface area contributed by atoms with Crippen LogP contribution in [0.5, 0.6) is 0 Å². The van der Waals surface area contributed by atoms with Crippen LogP contribution in [0.3, 0.4) is 0 Å². The quantitative estimate of drug-likeness (QED) is 0.600. The second-order valence-electron chi connectivity index (χ2n) is 5.91. The standard InChI is InChI=1S/C16H26N2OS/c1-16(2,3)13-6-8-14(9-7-13)20-12-15(19)18-11-5-4-10-17/h6-9H,4-5,10-12,17H2,1-3H3,(H,18,19). The van der Waals surface area contributed by atoms with Gasteiger partial charge in [-0.05, 0) is 42.5 Å². The fourth-order valence-corrected chi connectivity index (χ4v) is 2.48. The van der Waals surface area contributed by atoms with Crippen molar-refractivity contribution < 1.29 is 4.79 Å². The lowest BCUT2D eigenvalue weighted by molar-refractivity contribution is -0.118. The molecule has 1 rings (SSSR count). The smallest absolute Gasteiger partial charge is 0.230 e. The van der Waals surface area contributed by atoms with Crippen LogP contribution in [0.4, 0.5) is 0 Å². The monoisotopic (exact) mass is 294 g/mol. The number of nitrogens with one attached hydrogen (secondary N) is 1. The van der Waals surface area contributed by atoms with E-state index in [-0.39, 0.29) is 11.3 Å². The summed E-state index contributed by atoms with van der Waals surface area (Å²) in [6.45, 7) is 8.00. The molecule has 0 unspecified atom stereocenters. The van der Waals surface area contributed by atoms with E-state index in [1.807, 2.05) is 0 Å². The van der Waals surface area contributed by atoms with Gasteiger partial charge in [0.1, 0.15) is 0 Å². The van der Waals surface area contributed by atoms with E-state index in [4.69, 9.17) is 5.73 Å². The highest BCUT2D eigenvalue weighted by Crippen LogP contribution is 2.25. The number of unbranched alkanes of at least 4 members (excludes halogenated alkanes) is 1. The van der Waals surface area contributed by atoms with Crippen LogP contribution in [0, 0.1) is 0 Å². The summed E-state index contributed by atoms with van der Waals surface area (Å²) < 4.78 is 0. The highest BCUT2D eigenvalue weighted by atomic mass is 32.2. The summed E-state index contributed by atoms with van der Waals surface area (Å²) in [6, 6.07) is 8.46. The molecule has 0 aromatic heterocycles. The first-order valence-electron chi connectivity index (χ1n) is 7.13. The normalized spacial score (nSPS) is 11.4. The molecule has 0 saturated carbocycles. The lowest BCUT2D eigenvalue weighted by Gasteiger charge is -2.19. The maximum Gasteiger partial charge on any atom is 0.230 e. The summed E-state index contributed by atoms with van der Waals surface area (Å²) in [5.41, 5.74) is 6.89. The third-order valence-corrected chi connectivity index (χ3v) is 4.06. The Morgan fingerprint density at radius 1 is 1.20 bits per heavy atom. The Bertz CT molecular complexity index is 409. The molecule has 0 spiro atoms. The molecule has 1 aromatic carbocycles. The number of carbonyl (C=O) groups is 1. The van der Waals surface area contributed by atoms with Gasteiger partial charge in [-0.25, -0.2) is 0 Å². The maximum atomic E-state index is 11.6. The highest BCUT2D eigenvalue weighted by Gasteiger charge is 2.13. The summed E-state index contributed by atoms with van der Waals surface area (Å²) >= 11 is 1.57. The Hall–Kier alpha value is -1.00. The Morgan fingerprint density at radius 3 is 2.40 bits per heavy atom. The number of rotatable bonds is 7. The van der Waals surface area contributed by atoms with Crippen molar-refractivity contribution in [3.63, 3.8) is 0 Å². The molecular formula is C16H26N2OS. The van der Waals surface area contributed by atoms with Crippen LogP contribution in [-0.4, -0.2) is 24.7 Å². The number of benzene rings is 1. The average molecular weight is 294 g/mol. The van der Waals surface area contributed by atoms with E-state index in [1.165, 1.54) is 5.56 Å². The second kappa shape index (κ2) is 8.32. The lowest BCUT2D eigenvalue weighted by atomic mass is 9.87. The fraction of sp³-hybridized carbons (Fsp3) is 0.562. The van der Waals surface area contributed by atoms with Gasteiger partial charge in [-0.2, -0.15) is 0 Å². The molecule has 0 radical (unpaired) electrons. The van der Waals surface area contributed by atoms with Crippen molar-refractivity contribution >= 4 is 17.7 Å². The Morgan fingerprint density at radius 2 is 1.85 bits per heavy atom. The van der Waals surface area contributed by atoms with Gasteiger partial charge in [0, 0.05) is 11.4 Å². The van der Waals surface area contributed by atoms with Crippen LogP contribution >= 0.6 is 11.8 Å². The Balaban J connectivity index is 2.33. The Kier molecular flexibility index (Phi) is 7.10. The predicted octanol–water partition coefficient (Wildman–Crippen LogP) is 2.93. The molecular weight excluding hydrogens is 268 g/mol. The summed E-state index contributed by atoms with van der Waals surface area (Å²) in [7, 11) is 0. The van der Waals surface area contributed by atoms with Gasteiger partial charge >= 0.3 is 0 Å². The largest absolute Gasteiger partial charge is 0.355 e. The van der Waals surface area contributed by atoms with Crippen LogP contribution < -0.4 is 11.1 Å². The third-order valence-electron chi connectivity index (χ3n) is 3.04. The molecule has 20 heavy (non-hydrogen) atoms. The van der Waals surface area contributed by atoms with Gasteiger partial charge in [-0.15, -0.1) is 11.8 Å². The third kappa shape index (κ3) is 6.44. The van der Waals surface area contributed by atoms with E-state index in [2.05, 4.69) is 50.4 Å². The molecule has 0 aliphatic heterocycles. The summed E-state index contributed by atoms with van der Waals surface area (Å²) in [5.74, 6) is 0.559. The Labute approximate surface area is 126 Å². The number of amides is 1. The SMILES string of the molecule is CC(C)(C)c1ccc(SCC(=O)NCCCCN)cc1. The minimum Gasteiger partial charge on any atom is -0.355 e. The lowest BCUT2D eigenvalue weighted by Crippen LogP contribution is -2.26. The number of thioether (sulfide) groups is 1. The molecule has 1 aromatic rings. The van der Waals surface area contributed by atoms with E-state index in [0.717, 1.165) is 24.3 Å². The number of carbonyl (C=O) groups excluding carboxylic acids is 1. The van der Waals surface area contributed by atoms with Crippen LogP contribution in [0.2, 0.25) is 0 Å². The zero-order chi connectivity index (χ0) is 15.0. The molecule has 0 atom stereocenters. The van der Waals surface area contributed by atoms with Gasteiger partial charge < -0.3 is 11.1 Å². The molecule has 0 fully saturated rings. The van der Waals surface area contributed by atoms with Crippen LogP contribution in [0.15, 0.2) is 29.2 Å². The number of hydrogen-bond donors (Lipinski definition) is 2. The summed E-state index contributed by atoms with van der Waals surface area (Å²) in [6.07, 6.45) is 1.91. The first kappa shape index (κ1) is 17.1. The molecule has 3 nitrogen and oxygen atoms in total. The van der Waals surface area contributed by atoms with E-state index in [0.29, 0.717) is 12.3 Å². The van der Waals surface area contributed by atoms with Crippen LogP contribution in [-0.2, 0) is 10.2 Å². The molecule has 0 aliphatic carbocycles. The van der Waals surface area contributed by atoms with Gasteiger partial charge in [0.25, 0.3) is 0 Å². The van der Waals surface area contributed by atoms with Gasteiger partial charge in [0.05, 0.1) is 5.75 Å². The molecule has 0 saturated heterocycles. The first-order chi connectivity index (χ1) is 9.43. The second-order valence-corrected chi connectivity index (χ2v) is 6.96. The fourth-order valence-electron chi connectivity index (χ4n) is 1.75. The van der Waals surface area contributed by atoms with Gasteiger partial charge in [0.2, 0.25) is 5.91 Å². The van der Waals surface area contributed by atoms with Crippen molar-refractivity contribution in [2.45, 2.75) is 43.9 Å². The molecule has 0 aliphatic rings. The molecule has 3 N–H and O–H groups in total. The van der Waals surface area contributed by atoms with Crippen molar-refractivity contribution in [3.8, 4) is 0 Å². The zero-order valence-electron chi connectivity index (χ0n) is 12.7. The number of hydrogen-bond acceptors (Lipinski definition) is 3. The highest BCUT2D eigenvalue weighted by molar-refractivity contribution is 8.00. The molecule has 4 heteroatoms. The molecule has 1 amide bonds. The van der Waals surface area contributed by atoms with E-state index in [1.54, 1.807) is 11.8 Å². The molecule has 0 bridgehead atoms. The van der Waals surface area contributed by atoms with E-state index >= 15 is 0 Å². The van der Waals surface area contributed by atoms with Crippen molar-refractivity contribution in [3.05, 3.63) is 29.8 Å². The predicted molar refractivity (Wildman–Crippen MR) is 87.2 cm³/mol. The maximum absolute atomic E-state index is 11.6. The van der Waals surface area contributed by atoms with E-state index < -0.39 is 0 Å². The van der Waals surface area contributed by atoms with Gasteiger partial charge in [0.15, 0.2) is 0 Å². The van der Waals surface area contributed by atoms with Crippen molar-refractivity contribution in [1.29, 1.82) is 0 Å². The average Bonchev–Trinajstić information content (AvgIpc) is 2.41. The molecule has 112 valence electrons. The van der Waals surface area contributed by atoms with Gasteiger partial charge in [-0.3, -0.25) is 4.79 Å². The van der Waals surface area contributed by atoms with E-state index in [9.17, 15) is 4.79 Å². The van der Waals surface area contributed by atoms with Crippen LogP contribution in [0.1, 0.15) is 39.2 Å². The van der Waals surface area contributed by atoms with Gasteiger partial charge in [-0.1, -0.05) is 32.9 Å². The topological polar surface area (TPSA) is 55.1 Å². The number of nitrogens with two attached hydrogens (primary N) is 1. The summed E-state index contributed by atoms with van der Waals surface area (Å²) in [5, 5.41) is 2.91.